The highest BCUT2D eigenvalue weighted by Crippen LogP contribution is 2.23. The molecule has 31 heavy (non-hydrogen) atoms. The molecule has 1 saturated heterocycles. The van der Waals surface area contributed by atoms with Crippen molar-refractivity contribution in [2.24, 2.45) is 4.99 Å². The zero-order chi connectivity index (χ0) is 22.4. The van der Waals surface area contributed by atoms with Crippen molar-refractivity contribution in [2.75, 3.05) is 32.3 Å². The van der Waals surface area contributed by atoms with Crippen molar-refractivity contribution >= 4 is 51.1 Å². The highest BCUT2D eigenvalue weighted by atomic mass is 32.2. The van der Waals surface area contributed by atoms with Crippen LogP contribution in [0, 0.1) is 0 Å². The van der Waals surface area contributed by atoms with Gasteiger partial charge in [-0.05, 0) is 44.4 Å². The molecule has 2 aromatic rings. The van der Waals surface area contributed by atoms with E-state index in [0.717, 1.165) is 36.0 Å². The van der Waals surface area contributed by atoms with Crippen LogP contribution in [0.15, 0.2) is 23.2 Å². The molecule has 1 aliphatic rings. The number of carbonyl (C=O) groups excluding carboxylic acids is 3. The van der Waals surface area contributed by atoms with E-state index in [1.165, 1.54) is 30.2 Å². The summed E-state index contributed by atoms with van der Waals surface area (Å²) in [6.45, 7) is 2.81. The first-order chi connectivity index (χ1) is 14.9. The molecular weight excluding hydrogens is 438 g/mol. The number of amides is 2. The summed E-state index contributed by atoms with van der Waals surface area (Å²) < 4.78 is 12.5. The Hall–Kier alpha value is -2.33. The number of nitrogens with zero attached hydrogens (tertiary/aromatic N) is 3. The SMILES string of the molecule is COC(=O)Cn1c(=NC(=O)CSCC(=O)N2CCCCC2C)sc2cc(OC)ccc21. The predicted octanol–water partition coefficient (Wildman–Crippen LogP) is 2.45. The topological polar surface area (TPSA) is 90.2 Å². The van der Waals surface area contributed by atoms with E-state index >= 15 is 0 Å². The number of likely N-dealkylation sites (tertiary alicyclic amines) is 1. The van der Waals surface area contributed by atoms with E-state index in [1.807, 2.05) is 17.0 Å². The summed E-state index contributed by atoms with van der Waals surface area (Å²) in [7, 11) is 2.90. The van der Waals surface area contributed by atoms with E-state index in [1.54, 1.807) is 17.7 Å². The Morgan fingerprint density at radius 2 is 2.03 bits per heavy atom. The van der Waals surface area contributed by atoms with Crippen LogP contribution in [0.5, 0.6) is 5.75 Å². The molecule has 0 bridgehead atoms. The standard InChI is InChI=1S/C21H27N3O5S2/c1-14-6-4-5-9-23(14)19(26)13-30-12-18(25)22-21-24(11-20(27)29-3)16-8-7-15(28-2)10-17(16)31-21/h7-8,10,14H,4-6,9,11-13H2,1-3H3. The number of thiazole rings is 1. The van der Waals surface area contributed by atoms with Crippen molar-refractivity contribution in [3.8, 4) is 5.75 Å². The minimum atomic E-state index is -0.431. The van der Waals surface area contributed by atoms with Crippen LogP contribution in [0.1, 0.15) is 26.2 Å². The fourth-order valence-corrected chi connectivity index (χ4v) is 5.29. The second kappa shape index (κ2) is 10.8. The van der Waals surface area contributed by atoms with Gasteiger partial charge < -0.3 is 18.9 Å². The Bertz CT molecular complexity index is 1030. The highest BCUT2D eigenvalue weighted by Gasteiger charge is 2.23. The maximum absolute atomic E-state index is 12.5. The number of rotatable bonds is 7. The van der Waals surface area contributed by atoms with Crippen LogP contribution in [-0.2, 0) is 25.7 Å². The van der Waals surface area contributed by atoms with Crippen molar-refractivity contribution in [3.05, 3.63) is 23.0 Å². The van der Waals surface area contributed by atoms with Crippen molar-refractivity contribution in [2.45, 2.75) is 38.8 Å². The van der Waals surface area contributed by atoms with Gasteiger partial charge in [-0.1, -0.05) is 11.3 Å². The van der Waals surface area contributed by atoms with Gasteiger partial charge in [0.25, 0.3) is 5.91 Å². The summed E-state index contributed by atoms with van der Waals surface area (Å²) in [4.78, 5) is 43.3. The average molecular weight is 466 g/mol. The maximum Gasteiger partial charge on any atom is 0.325 e. The second-order valence-corrected chi connectivity index (χ2v) is 9.31. The van der Waals surface area contributed by atoms with E-state index in [2.05, 4.69) is 11.9 Å². The molecule has 1 fully saturated rings. The lowest BCUT2D eigenvalue weighted by Crippen LogP contribution is -2.43. The Kier molecular flexibility index (Phi) is 8.14. The summed E-state index contributed by atoms with van der Waals surface area (Å²) in [5.74, 6) is 0.334. The minimum absolute atomic E-state index is 0.0482. The molecular formula is C21H27N3O5S2. The largest absolute Gasteiger partial charge is 0.497 e. The molecule has 1 aromatic heterocycles. The van der Waals surface area contributed by atoms with E-state index in [4.69, 9.17) is 9.47 Å². The third-order valence-corrected chi connectivity index (χ3v) is 7.14. The molecule has 168 valence electrons. The van der Waals surface area contributed by atoms with Gasteiger partial charge in [-0.15, -0.1) is 11.8 Å². The lowest BCUT2D eigenvalue weighted by Gasteiger charge is -2.33. The molecule has 10 heteroatoms. The molecule has 1 aromatic carbocycles. The molecule has 8 nitrogen and oxygen atoms in total. The van der Waals surface area contributed by atoms with Crippen molar-refractivity contribution in [1.29, 1.82) is 0 Å². The molecule has 0 radical (unpaired) electrons. The summed E-state index contributed by atoms with van der Waals surface area (Å²) in [5.41, 5.74) is 0.768. The van der Waals surface area contributed by atoms with Gasteiger partial charge in [-0.3, -0.25) is 14.4 Å². The number of esters is 1. The molecule has 1 unspecified atom stereocenters. The zero-order valence-corrected chi connectivity index (χ0v) is 19.6. The highest BCUT2D eigenvalue weighted by molar-refractivity contribution is 8.00. The third kappa shape index (κ3) is 5.88. The molecule has 0 N–H and O–H groups in total. The molecule has 1 atom stereocenters. The fourth-order valence-electron chi connectivity index (χ4n) is 3.53. The first-order valence-corrected chi connectivity index (χ1v) is 12.1. The third-order valence-electron chi connectivity index (χ3n) is 5.20. The van der Waals surface area contributed by atoms with Gasteiger partial charge in [0.15, 0.2) is 4.80 Å². The lowest BCUT2D eigenvalue weighted by molar-refractivity contribution is -0.141. The summed E-state index contributed by atoms with van der Waals surface area (Å²) in [6, 6.07) is 5.71. The Morgan fingerprint density at radius 1 is 1.23 bits per heavy atom. The molecule has 3 rings (SSSR count). The zero-order valence-electron chi connectivity index (χ0n) is 18.0. The number of thioether (sulfide) groups is 1. The number of fused-ring (bicyclic) bond motifs is 1. The molecule has 2 heterocycles. The normalized spacial score (nSPS) is 17.1. The van der Waals surface area contributed by atoms with Crippen LogP contribution in [-0.4, -0.2) is 65.6 Å². The van der Waals surface area contributed by atoms with Gasteiger partial charge in [-0.2, -0.15) is 4.99 Å². The number of piperidine rings is 1. The van der Waals surface area contributed by atoms with Gasteiger partial charge in [0, 0.05) is 12.6 Å². The monoisotopic (exact) mass is 465 g/mol. The molecule has 1 aliphatic heterocycles. The Balaban J connectivity index is 1.72. The Morgan fingerprint density at radius 3 is 2.74 bits per heavy atom. The van der Waals surface area contributed by atoms with E-state index in [-0.39, 0.29) is 35.9 Å². The van der Waals surface area contributed by atoms with Crippen LogP contribution in [0.4, 0.5) is 0 Å². The number of aromatic nitrogens is 1. The molecule has 0 aliphatic carbocycles. The van der Waals surface area contributed by atoms with Gasteiger partial charge in [0.05, 0.1) is 35.9 Å². The molecule has 2 amide bonds. The van der Waals surface area contributed by atoms with Crippen molar-refractivity contribution < 1.29 is 23.9 Å². The summed E-state index contributed by atoms with van der Waals surface area (Å²) in [6.07, 6.45) is 3.22. The van der Waals surface area contributed by atoms with Gasteiger partial charge in [-0.25, -0.2) is 0 Å². The first-order valence-electron chi connectivity index (χ1n) is 10.1. The fraction of sp³-hybridized carbons (Fsp3) is 0.524. The lowest BCUT2D eigenvalue weighted by atomic mass is 10.0. The quantitative estimate of drug-likeness (QED) is 0.584. The van der Waals surface area contributed by atoms with Crippen molar-refractivity contribution in [3.63, 3.8) is 0 Å². The number of methoxy groups -OCH3 is 2. The van der Waals surface area contributed by atoms with Crippen LogP contribution in [0.2, 0.25) is 0 Å². The summed E-state index contributed by atoms with van der Waals surface area (Å²) >= 11 is 2.57. The van der Waals surface area contributed by atoms with Gasteiger partial charge in [0.2, 0.25) is 5.91 Å². The van der Waals surface area contributed by atoms with Crippen LogP contribution < -0.4 is 9.54 Å². The van der Waals surface area contributed by atoms with Crippen LogP contribution >= 0.6 is 23.1 Å². The number of carbonyl (C=O) groups is 3. The van der Waals surface area contributed by atoms with Gasteiger partial charge >= 0.3 is 5.97 Å². The predicted molar refractivity (Wildman–Crippen MR) is 121 cm³/mol. The molecule has 0 spiro atoms. The smallest absolute Gasteiger partial charge is 0.325 e. The second-order valence-electron chi connectivity index (χ2n) is 7.31. The average Bonchev–Trinajstić information content (AvgIpc) is 3.09. The number of hydrogen-bond acceptors (Lipinski definition) is 7. The van der Waals surface area contributed by atoms with Crippen LogP contribution in [0.25, 0.3) is 10.2 Å². The van der Waals surface area contributed by atoms with E-state index < -0.39 is 5.97 Å². The number of hydrogen-bond donors (Lipinski definition) is 0. The van der Waals surface area contributed by atoms with Crippen molar-refractivity contribution in [1.82, 2.24) is 9.47 Å². The Labute approximate surface area is 189 Å². The summed E-state index contributed by atoms with van der Waals surface area (Å²) in [5, 5.41) is 0. The van der Waals surface area contributed by atoms with E-state index in [0.29, 0.717) is 10.6 Å². The molecule has 0 saturated carbocycles. The number of ether oxygens (including phenoxy) is 2. The minimum Gasteiger partial charge on any atom is -0.497 e. The number of benzene rings is 1. The van der Waals surface area contributed by atoms with E-state index in [9.17, 15) is 14.4 Å². The maximum atomic E-state index is 12.5. The van der Waals surface area contributed by atoms with Crippen LogP contribution in [0.3, 0.4) is 0 Å². The first kappa shape index (κ1) is 23.3. The van der Waals surface area contributed by atoms with Gasteiger partial charge in [0.1, 0.15) is 12.3 Å².